The summed E-state index contributed by atoms with van der Waals surface area (Å²) in [5, 5.41) is 0. The summed E-state index contributed by atoms with van der Waals surface area (Å²) in [6.45, 7) is 2.88. The first kappa shape index (κ1) is 15.8. The van der Waals surface area contributed by atoms with Gasteiger partial charge in [0.15, 0.2) is 0 Å². The van der Waals surface area contributed by atoms with E-state index in [9.17, 15) is 0 Å². The third kappa shape index (κ3) is 5.35. The minimum atomic E-state index is 0.773. The summed E-state index contributed by atoms with van der Waals surface area (Å²) in [4.78, 5) is 1.22. The van der Waals surface area contributed by atoms with Crippen LogP contribution in [0.1, 0.15) is 18.4 Å². The first-order valence-electron chi connectivity index (χ1n) is 7.25. The molecule has 0 unspecified atom stereocenters. The molecule has 2 rings (SSSR count). The summed E-state index contributed by atoms with van der Waals surface area (Å²) in [6.07, 6.45) is 2.20. The molecule has 2 aromatic rings. The molecule has 0 heterocycles. The number of rotatable bonds is 8. The molecule has 112 valence electrons. The fourth-order valence-corrected chi connectivity index (χ4v) is 3.12. The maximum Gasteiger partial charge on any atom is 0.132 e. The van der Waals surface area contributed by atoms with Crippen LogP contribution in [0.4, 0.5) is 0 Å². The van der Waals surface area contributed by atoms with Crippen molar-refractivity contribution in [3.63, 3.8) is 0 Å². The molecule has 0 aromatic heterocycles. The van der Waals surface area contributed by atoms with E-state index in [0.29, 0.717) is 0 Å². The Hall–Kier alpha value is -1.61. The van der Waals surface area contributed by atoms with Crippen molar-refractivity contribution in [1.82, 2.24) is 0 Å². The van der Waals surface area contributed by atoms with Crippen LogP contribution < -0.4 is 9.47 Å². The lowest BCUT2D eigenvalue weighted by Crippen LogP contribution is -1.97. The van der Waals surface area contributed by atoms with Crippen molar-refractivity contribution in [3.05, 3.63) is 54.1 Å². The molecule has 21 heavy (non-hydrogen) atoms. The van der Waals surface area contributed by atoms with E-state index in [2.05, 4.69) is 19.1 Å². The van der Waals surface area contributed by atoms with Gasteiger partial charge < -0.3 is 9.47 Å². The predicted molar refractivity (Wildman–Crippen MR) is 89.6 cm³/mol. The first-order chi connectivity index (χ1) is 10.3. The van der Waals surface area contributed by atoms with Crippen LogP contribution in [0.15, 0.2) is 53.4 Å². The van der Waals surface area contributed by atoms with Crippen LogP contribution in [-0.2, 0) is 0 Å². The van der Waals surface area contributed by atoms with Crippen molar-refractivity contribution in [2.24, 2.45) is 0 Å². The number of benzene rings is 2. The highest BCUT2D eigenvalue weighted by atomic mass is 32.2. The number of hydrogen-bond donors (Lipinski definition) is 0. The molecule has 0 aliphatic heterocycles. The van der Waals surface area contributed by atoms with Gasteiger partial charge in [-0.05, 0) is 55.3 Å². The van der Waals surface area contributed by atoms with E-state index < -0.39 is 0 Å². The molecule has 0 bridgehead atoms. The zero-order valence-corrected chi connectivity index (χ0v) is 13.5. The van der Waals surface area contributed by atoms with Gasteiger partial charge in [-0.3, -0.25) is 0 Å². The second-order valence-corrected chi connectivity index (χ2v) is 6.01. The normalized spacial score (nSPS) is 10.4. The lowest BCUT2D eigenvalue weighted by Gasteiger charge is -2.09. The summed E-state index contributed by atoms with van der Waals surface area (Å²) < 4.78 is 11.1. The highest BCUT2D eigenvalue weighted by molar-refractivity contribution is 7.99. The maximum atomic E-state index is 5.69. The van der Waals surface area contributed by atoms with E-state index in [1.165, 1.54) is 10.5 Å². The van der Waals surface area contributed by atoms with Crippen molar-refractivity contribution < 1.29 is 9.47 Å². The molecule has 2 aromatic carbocycles. The monoisotopic (exact) mass is 302 g/mol. The summed E-state index contributed by atoms with van der Waals surface area (Å²) in [5.74, 6) is 2.99. The highest BCUT2D eigenvalue weighted by Crippen LogP contribution is 2.30. The van der Waals surface area contributed by atoms with Crippen LogP contribution in [0.25, 0.3) is 0 Å². The standard InChI is InChI=1S/C18H22O2S/c1-15-10-11-17(19-2)18(14-15)21-13-7-6-12-20-16-8-4-3-5-9-16/h3-5,8-11,14H,6-7,12-13H2,1-2H3. The largest absolute Gasteiger partial charge is 0.496 e. The zero-order valence-electron chi connectivity index (χ0n) is 12.7. The predicted octanol–water partition coefficient (Wildman–Crippen LogP) is 4.95. The Morgan fingerprint density at radius 1 is 1.00 bits per heavy atom. The second-order valence-electron chi connectivity index (χ2n) is 4.87. The van der Waals surface area contributed by atoms with Crippen molar-refractivity contribution in [2.45, 2.75) is 24.7 Å². The SMILES string of the molecule is COc1ccc(C)cc1SCCCCOc1ccccc1. The van der Waals surface area contributed by atoms with Gasteiger partial charge in [0.2, 0.25) is 0 Å². The lowest BCUT2D eigenvalue weighted by atomic mass is 10.2. The number of thioether (sulfide) groups is 1. The Morgan fingerprint density at radius 3 is 2.57 bits per heavy atom. The number of aryl methyl sites for hydroxylation is 1. The Bertz CT molecular complexity index is 540. The fraction of sp³-hybridized carbons (Fsp3) is 0.333. The Morgan fingerprint density at radius 2 is 1.81 bits per heavy atom. The van der Waals surface area contributed by atoms with E-state index in [4.69, 9.17) is 9.47 Å². The summed E-state index contributed by atoms with van der Waals surface area (Å²) >= 11 is 1.85. The molecule has 0 saturated heterocycles. The van der Waals surface area contributed by atoms with Crippen molar-refractivity contribution in [2.75, 3.05) is 19.5 Å². The number of para-hydroxylation sites is 1. The Kier molecular flexibility index (Phi) is 6.48. The van der Waals surface area contributed by atoms with Crippen LogP contribution in [0, 0.1) is 6.92 Å². The first-order valence-corrected chi connectivity index (χ1v) is 8.23. The summed E-state index contributed by atoms with van der Waals surface area (Å²) in [5.41, 5.74) is 1.27. The van der Waals surface area contributed by atoms with Crippen molar-refractivity contribution >= 4 is 11.8 Å². The molecule has 3 heteroatoms. The molecule has 0 atom stereocenters. The fourth-order valence-electron chi connectivity index (χ4n) is 1.99. The van der Waals surface area contributed by atoms with Gasteiger partial charge in [0.05, 0.1) is 13.7 Å². The number of ether oxygens (including phenoxy) is 2. The van der Waals surface area contributed by atoms with Crippen molar-refractivity contribution in [3.8, 4) is 11.5 Å². The number of hydrogen-bond acceptors (Lipinski definition) is 3. The zero-order chi connectivity index (χ0) is 14.9. The van der Waals surface area contributed by atoms with Gasteiger partial charge in [0.1, 0.15) is 11.5 Å². The molecule has 0 saturated carbocycles. The molecule has 2 nitrogen and oxygen atoms in total. The van der Waals surface area contributed by atoms with Gasteiger partial charge in [0.25, 0.3) is 0 Å². The molecule has 0 fully saturated rings. The number of unbranched alkanes of at least 4 members (excludes halogenated alkanes) is 1. The topological polar surface area (TPSA) is 18.5 Å². The van der Waals surface area contributed by atoms with Crippen LogP contribution in [0.5, 0.6) is 11.5 Å². The van der Waals surface area contributed by atoms with Crippen LogP contribution in [0.2, 0.25) is 0 Å². The number of methoxy groups -OCH3 is 1. The van der Waals surface area contributed by atoms with E-state index >= 15 is 0 Å². The van der Waals surface area contributed by atoms with E-state index in [1.807, 2.05) is 48.2 Å². The average molecular weight is 302 g/mol. The molecule has 0 aliphatic rings. The Balaban J connectivity index is 1.67. The third-order valence-electron chi connectivity index (χ3n) is 3.13. The quantitative estimate of drug-likeness (QED) is 0.507. The smallest absolute Gasteiger partial charge is 0.132 e. The van der Waals surface area contributed by atoms with Gasteiger partial charge in [-0.25, -0.2) is 0 Å². The molecule has 0 spiro atoms. The summed E-state index contributed by atoms with van der Waals surface area (Å²) in [6, 6.07) is 16.3. The van der Waals surface area contributed by atoms with E-state index in [-0.39, 0.29) is 0 Å². The van der Waals surface area contributed by atoms with E-state index in [0.717, 1.165) is 36.7 Å². The molecule has 0 N–H and O–H groups in total. The lowest BCUT2D eigenvalue weighted by molar-refractivity contribution is 0.310. The van der Waals surface area contributed by atoms with Gasteiger partial charge in [-0.1, -0.05) is 24.3 Å². The van der Waals surface area contributed by atoms with E-state index in [1.54, 1.807) is 7.11 Å². The molecule has 0 amide bonds. The van der Waals surface area contributed by atoms with Crippen molar-refractivity contribution in [1.29, 1.82) is 0 Å². The van der Waals surface area contributed by atoms with Gasteiger partial charge in [-0.2, -0.15) is 0 Å². The minimum Gasteiger partial charge on any atom is -0.496 e. The molecule has 0 radical (unpaired) electrons. The molecular weight excluding hydrogens is 280 g/mol. The minimum absolute atomic E-state index is 0.773. The van der Waals surface area contributed by atoms with Crippen LogP contribution >= 0.6 is 11.8 Å². The van der Waals surface area contributed by atoms with Gasteiger partial charge in [0, 0.05) is 4.90 Å². The van der Waals surface area contributed by atoms with Gasteiger partial charge >= 0.3 is 0 Å². The maximum absolute atomic E-state index is 5.69. The second kappa shape index (κ2) is 8.63. The average Bonchev–Trinajstić information content (AvgIpc) is 2.52. The molecular formula is C18H22O2S. The van der Waals surface area contributed by atoms with Crippen LogP contribution in [0.3, 0.4) is 0 Å². The van der Waals surface area contributed by atoms with Crippen LogP contribution in [-0.4, -0.2) is 19.5 Å². The highest BCUT2D eigenvalue weighted by Gasteiger charge is 2.03. The summed E-state index contributed by atoms with van der Waals surface area (Å²) in [7, 11) is 1.72. The molecule has 0 aliphatic carbocycles. The Labute approximate surface area is 131 Å². The van der Waals surface area contributed by atoms with Gasteiger partial charge in [-0.15, -0.1) is 11.8 Å². The third-order valence-corrected chi connectivity index (χ3v) is 4.25.